The molecule has 2 aliphatic rings. The number of aromatic nitrogens is 1. The van der Waals surface area contributed by atoms with Crippen LogP contribution in [0.5, 0.6) is 0 Å². The van der Waals surface area contributed by atoms with Gasteiger partial charge in [0.15, 0.2) is 0 Å². The summed E-state index contributed by atoms with van der Waals surface area (Å²) in [6, 6.07) is 4.04. The average Bonchev–Trinajstić information content (AvgIpc) is 3.32. The lowest BCUT2D eigenvalue weighted by atomic mass is 10.0. The first-order chi connectivity index (χ1) is 16.2. The van der Waals surface area contributed by atoms with Crippen LogP contribution in [-0.2, 0) is 0 Å². The van der Waals surface area contributed by atoms with Gasteiger partial charge in [0.2, 0.25) is 5.56 Å². The van der Waals surface area contributed by atoms with E-state index in [4.69, 9.17) is 0 Å². The number of piperazine rings is 1. The molecule has 2 aliphatic heterocycles. The third-order valence-electron chi connectivity index (χ3n) is 6.62. The third kappa shape index (κ3) is 4.74. The fourth-order valence-corrected chi connectivity index (χ4v) is 4.51. The van der Waals surface area contributed by atoms with Crippen LogP contribution in [0, 0.1) is 5.82 Å². The lowest BCUT2D eigenvalue weighted by molar-refractivity contribution is 0.101. The molecule has 1 saturated heterocycles. The van der Waals surface area contributed by atoms with Gasteiger partial charge in [-0.1, -0.05) is 6.08 Å². The Hall–Kier alpha value is -3.11. The highest BCUT2D eigenvalue weighted by atomic mass is 19.3. The first-order valence-electron chi connectivity index (χ1n) is 11.2. The molecule has 2 aromatic rings. The Morgan fingerprint density at radius 1 is 1.18 bits per heavy atom. The molecule has 10 heteroatoms. The normalized spacial score (nSPS) is 21.1. The maximum absolute atomic E-state index is 15.2. The number of anilines is 2. The van der Waals surface area contributed by atoms with E-state index in [-0.39, 0.29) is 17.6 Å². The molecule has 3 heterocycles. The number of benzene rings is 1. The highest BCUT2D eigenvalue weighted by Crippen LogP contribution is 2.35. The van der Waals surface area contributed by atoms with Gasteiger partial charge in [-0.25, -0.2) is 13.2 Å². The summed E-state index contributed by atoms with van der Waals surface area (Å²) in [7, 11) is 2.03. The summed E-state index contributed by atoms with van der Waals surface area (Å²) in [6.45, 7) is 6.44. The van der Waals surface area contributed by atoms with Crippen LogP contribution < -0.4 is 21.1 Å². The molecule has 2 atom stereocenters. The van der Waals surface area contributed by atoms with E-state index < -0.39 is 29.3 Å². The van der Waals surface area contributed by atoms with Crippen LogP contribution >= 0.6 is 0 Å². The Kier molecular flexibility index (Phi) is 6.81. The molecule has 1 amide bonds. The molecule has 1 aromatic heterocycles. The van der Waals surface area contributed by atoms with E-state index in [1.54, 1.807) is 6.07 Å². The van der Waals surface area contributed by atoms with Gasteiger partial charge < -0.3 is 20.5 Å². The zero-order valence-electron chi connectivity index (χ0n) is 19.3. The summed E-state index contributed by atoms with van der Waals surface area (Å²) in [6.07, 6.45) is -0.145. The molecule has 0 bridgehead atoms. The van der Waals surface area contributed by atoms with Gasteiger partial charge >= 0.3 is 0 Å². The fourth-order valence-electron chi connectivity index (χ4n) is 4.51. The molecule has 0 saturated carbocycles. The van der Waals surface area contributed by atoms with Crippen molar-refractivity contribution in [2.45, 2.75) is 32.4 Å². The Morgan fingerprint density at radius 2 is 1.88 bits per heavy atom. The molecule has 3 N–H and O–H groups in total. The van der Waals surface area contributed by atoms with Crippen LogP contribution in [0.3, 0.4) is 0 Å². The molecule has 1 fully saturated rings. The van der Waals surface area contributed by atoms with Crippen LogP contribution in [0.1, 0.15) is 41.8 Å². The number of nitrogens with zero attached hydrogens (tertiary/aromatic N) is 2. The first-order valence-corrected chi connectivity index (χ1v) is 11.2. The molecule has 0 unspecified atom stereocenters. The second-order valence-electron chi connectivity index (χ2n) is 8.90. The molecule has 1 aromatic carbocycles. The number of carbonyl (C=O) groups excluding carboxylic acids is 1. The number of hydrogen-bond donors (Lipinski definition) is 3. The van der Waals surface area contributed by atoms with Crippen LogP contribution in [0.25, 0.3) is 5.57 Å². The number of pyridine rings is 1. The number of halogens is 3. The van der Waals surface area contributed by atoms with Crippen LogP contribution in [-0.4, -0.2) is 61.1 Å². The third-order valence-corrected chi connectivity index (χ3v) is 6.62. The van der Waals surface area contributed by atoms with Gasteiger partial charge in [-0.3, -0.25) is 14.5 Å². The molecular weight excluding hydrogens is 447 g/mol. The predicted molar refractivity (Wildman–Crippen MR) is 126 cm³/mol. The molecule has 0 aliphatic carbocycles. The molecule has 182 valence electrons. The highest BCUT2D eigenvalue weighted by Gasteiger charge is 2.30. The Labute approximate surface area is 195 Å². The summed E-state index contributed by atoms with van der Waals surface area (Å²) in [5.74, 6) is -1.22. The van der Waals surface area contributed by atoms with E-state index in [9.17, 15) is 18.4 Å². The zero-order chi connectivity index (χ0) is 24.6. The summed E-state index contributed by atoms with van der Waals surface area (Å²) >= 11 is 0. The van der Waals surface area contributed by atoms with E-state index >= 15 is 4.39 Å². The number of carbonyl (C=O) groups is 1. The highest BCUT2D eigenvalue weighted by molar-refractivity contribution is 6.07. The van der Waals surface area contributed by atoms with E-state index in [0.29, 0.717) is 43.1 Å². The fraction of sp³-hybridized carbons (Fsp3) is 0.417. The number of H-pyrrole nitrogens is 1. The van der Waals surface area contributed by atoms with Crippen molar-refractivity contribution < 1.29 is 18.0 Å². The number of aromatic amines is 1. The van der Waals surface area contributed by atoms with Crippen LogP contribution in [0.4, 0.5) is 24.5 Å². The lowest BCUT2D eigenvalue weighted by Gasteiger charge is -2.44. The summed E-state index contributed by atoms with van der Waals surface area (Å²) < 4.78 is 42.2. The van der Waals surface area contributed by atoms with Crippen molar-refractivity contribution in [2.75, 3.05) is 43.4 Å². The van der Waals surface area contributed by atoms with E-state index in [2.05, 4.69) is 34.4 Å². The number of rotatable bonds is 5. The first kappa shape index (κ1) is 24.0. The van der Waals surface area contributed by atoms with Crippen molar-refractivity contribution in [3.63, 3.8) is 0 Å². The van der Waals surface area contributed by atoms with Gasteiger partial charge in [-0.2, -0.15) is 0 Å². The Bertz CT molecular complexity index is 1170. The van der Waals surface area contributed by atoms with Crippen molar-refractivity contribution in [1.82, 2.24) is 15.2 Å². The lowest BCUT2D eigenvalue weighted by Crippen LogP contribution is -2.55. The molecule has 34 heavy (non-hydrogen) atoms. The molecule has 0 radical (unpaired) electrons. The maximum atomic E-state index is 15.2. The SMILES string of the molecule is C[C@@H]1CN(c2cc(F)c(C3=CCNC3)cc2NC(=O)c2c[nH]c(=O)cc2C(F)F)C[C@H](C)N1C. The zero-order valence-corrected chi connectivity index (χ0v) is 19.3. The van der Waals surface area contributed by atoms with Gasteiger partial charge in [0.1, 0.15) is 5.82 Å². The monoisotopic (exact) mass is 475 g/mol. The maximum Gasteiger partial charge on any atom is 0.264 e. The number of amides is 1. The van der Waals surface area contributed by atoms with Crippen LogP contribution in [0.15, 0.2) is 35.3 Å². The second kappa shape index (κ2) is 9.63. The summed E-state index contributed by atoms with van der Waals surface area (Å²) in [4.78, 5) is 31.1. The van der Waals surface area contributed by atoms with Gasteiger partial charge in [-0.05, 0) is 38.6 Å². The average molecular weight is 476 g/mol. The Balaban J connectivity index is 1.76. The predicted octanol–water partition coefficient (Wildman–Crippen LogP) is 3.22. The number of hydrogen-bond acceptors (Lipinski definition) is 5. The van der Waals surface area contributed by atoms with Gasteiger partial charge in [-0.15, -0.1) is 0 Å². The van der Waals surface area contributed by atoms with Gasteiger partial charge in [0, 0.05) is 61.7 Å². The number of alkyl halides is 2. The minimum absolute atomic E-state index is 0.182. The summed E-state index contributed by atoms with van der Waals surface area (Å²) in [5, 5.41) is 5.83. The van der Waals surface area contributed by atoms with Gasteiger partial charge in [0.25, 0.3) is 12.3 Å². The van der Waals surface area contributed by atoms with Crippen molar-refractivity contribution in [3.8, 4) is 0 Å². The topological polar surface area (TPSA) is 80.5 Å². The Morgan fingerprint density at radius 3 is 2.50 bits per heavy atom. The van der Waals surface area contributed by atoms with Crippen LogP contribution in [0.2, 0.25) is 0 Å². The molecule has 7 nitrogen and oxygen atoms in total. The standard InChI is InChI=1S/C24H28F3N5O2/c1-13-11-32(12-14(2)31(13)3)21-8-19(25)16(15-4-5-28-9-15)6-20(21)30-24(34)18-10-29-22(33)7-17(18)23(26)27/h4,6-8,10,13-14,23,28H,5,9,11-12H2,1-3H3,(H,29,33)(H,30,34)/t13-,14+. The smallest absolute Gasteiger partial charge is 0.264 e. The van der Waals surface area contributed by atoms with Crippen molar-refractivity contribution in [1.29, 1.82) is 0 Å². The number of nitrogens with one attached hydrogen (secondary N) is 3. The van der Waals surface area contributed by atoms with Crippen molar-refractivity contribution in [3.05, 3.63) is 63.3 Å². The number of likely N-dealkylation sites (N-methyl/N-ethyl adjacent to an activating group) is 1. The second-order valence-corrected chi connectivity index (χ2v) is 8.90. The quantitative estimate of drug-likeness (QED) is 0.619. The minimum atomic E-state index is -3.00. The van der Waals surface area contributed by atoms with Gasteiger partial charge in [0.05, 0.1) is 16.9 Å². The molecule has 4 rings (SSSR count). The summed E-state index contributed by atoms with van der Waals surface area (Å²) in [5.41, 5.74) is 0.188. The van der Waals surface area contributed by atoms with Crippen molar-refractivity contribution in [2.24, 2.45) is 0 Å². The van der Waals surface area contributed by atoms with E-state index in [1.165, 1.54) is 6.07 Å². The largest absolute Gasteiger partial charge is 0.367 e. The molecule has 0 spiro atoms. The van der Waals surface area contributed by atoms with Crippen molar-refractivity contribution >= 4 is 22.9 Å². The minimum Gasteiger partial charge on any atom is -0.367 e. The van der Waals surface area contributed by atoms with E-state index in [0.717, 1.165) is 17.8 Å². The molecular formula is C24H28F3N5O2. The van der Waals surface area contributed by atoms with E-state index in [1.807, 2.05) is 18.0 Å².